The molecule has 0 radical (unpaired) electrons. The van der Waals surface area contributed by atoms with Crippen molar-refractivity contribution in [3.05, 3.63) is 26.9 Å². The molecule has 17 heavy (non-hydrogen) atoms. The van der Waals surface area contributed by atoms with Crippen molar-refractivity contribution in [2.45, 2.75) is 18.9 Å². The van der Waals surface area contributed by atoms with Gasteiger partial charge in [0.1, 0.15) is 0 Å². The highest BCUT2D eigenvalue weighted by Gasteiger charge is 2.15. The van der Waals surface area contributed by atoms with Gasteiger partial charge in [0.15, 0.2) is 0 Å². The van der Waals surface area contributed by atoms with E-state index in [0.29, 0.717) is 6.54 Å². The summed E-state index contributed by atoms with van der Waals surface area (Å²) in [6.07, 6.45) is 5.71. The quantitative estimate of drug-likeness (QED) is 0.868. The van der Waals surface area contributed by atoms with Crippen LogP contribution in [0.3, 0.4) is 0 Å². The summed E-state index contributed by atoms with van der Waals surface area (Å²) in [7, 11) is 0. The first-order chi connectivity index (χ1) is 8.24. The van der Waals surface area contributed by atoms with Crippen molar-refractivity contribution in [2.75, 3.05) is 13.2 Å². The summed E-state index contributed by atoms with van der Waals surface area (Å²) < 4.78 is 6.49. The van der Waals surface area contributed by atoms with Gasteiger partial charge in [-0.2, -0.15) is 0 Å². The molecule has 1 N–H and O–H groups in total. The molecule has 1 unspecified atom stereocenters. The predicted molar refractivity (Wildman–Crippen MR) is 73.0 cm³/mol. The highest BCUT2D eigenvalue weighted by atomic mass is 79.9. The minimum atomic E-state index is -0.0668. The fourth-order valence-corrected chi connectivity index (χ4v) is 2.81. The summed E-state index contributed by atoms with van der Waals surface area (Å²) in [4.78, 5) is 11.5. The standard InChI is InChI=1S/C12H14BrNO2S/c13-11-6-9(8-17-11)3-4-12(15)14-7-10-2-1-5-16-10/h3-4,6,8,10H,1-2,5,7H2,(H,14,15)/b4-3+. The number of rotatable bonds is 4. The highest BCUT2D eigenvalue weighted by molar-refractivity contribution is 9.11. The Morgan fingerprint density at radius 2 is 2.59 bits per heavy atom. The van der Waals surface area contributed by atoms with E-state index >= 15 is 0 Å². The molecule has 1 atom stereocenters. The first kappa shape index (κ1) is 12.8. The second-order valence-electron chi connectivity index (χ2n) is 3.90. The SMILES string of the molecule is O=C(/C=C/c1csc(Br)c1)NCC1CCCO1. The summed E-state index contributed by atoms with van der Waals surface area (Å²) >= 11 is 4.99. The van der Waals surface area contributed by atoms with E-state index in [2.05, 4.69) is 21.2 Å². The van der Waals surface area contributed by atoms with Crippen LogP contribution in [0.1, 0.15) is 18.4 Å². The van der Waals surface area contributed by atoms with E-state index in [0.717, 1.165) is 28.8 Å². The molecule has 0 bridgehead atoms. The van der Waals surface area contributed by atoms with E-state index in [1.165, 1.54) is 0 Å². The topological polar surface area (TPSA) is 38.3 Å². The highest BCUT2D eigenvalue weighted by Crippen LogP contribution is 2.21. The maximum absolute atomic E-state index is 11.5. The third-order valence-corrected chi connectivity index (χ3v) is 4.07. The van der Waals surface area contributed by atoms with Crippen molar-refractivity contribution in [1.29, 1.82) is 0 Å². The number of carbonyl (C=O) groups is 1. The molecule has 1 aromatic heterocycles. The summed E-state index contributed by atoms with van der Waals surface area (Å²) in [5.41, 5.74) is 1.04. The van der Waals surface area contributed by atoms with E-state index in [1.54, 1.807) is 17.4 Å². The van der Waals surface area contributed by atoms with E-state index in [9.17, 15) is 4.79 Å². The van der Waals surface area contributed by atoms with E-state index in [-0.39, 0.29) is 12.0 Å². The van der Waals surface area contributed by atoms with Gasteiger partial charge in [0.2, 0.25) is 5.91 Å². The molecule has 2 rings (SSSR count). The summed E-state index contributed by atoms with van der Waals surface area (Å²) in [6.45, 7) is 1.43. The Morgan fingerprint density at radius 1 is 1.71 bits per heavy atom. The lowest BCUT2D eigenvalue weighted by molar-refractivity contribution is -0.116. The average Bonchev–Trinajstić information content (AvgIpc) is 2.95. The van der Waals surface area contributed by atoms with Gasteiger partial charge in [-0.05, 0) is 51.9 Å². The molecule has 2 heterocycles. The number of amides is 1. The maximum atomic E-state index is 11.5. The molecule has 1 aliphatic heterocycles. The van der Waals surface area contributed by atoms with Crippen LogP contribution in [0, 0.1) is 0 Å². The summed E-state index contributed by atoms with van der Waals surface area (Å²) in [6, 6.07) is 1.98. The number of thiophene rings is 1. The van der Waals surface area contributed by atoms with Gasteiger partial charge in [0, 0.05) is 19.2 Å². The molecule has 5 heteroatoms. The van der Waals surface area contributed by atoms with Gasteiger partial charge in [-0.3, -0.25) is 4.79 Å². The van der Waals surface area contributed by atoms with Crippen LogP contribution in [-0.2, 0) is 9.53 Å². The Hall–Kier alpha value is -0.650. The first-order valence-corrected chi connectivity index (χ1v) is 7.23. The number of carbonyl (C=O) groups excluding carboxylic acids is 1. The fraction of sp³-hybridized carbons (Fsp3) is 0.417. The van der Waals surface area contributed by atoms with Crippen molar-refractivity contribution in [1.82, 2.24) is 5.32 Å². The molecule has 1 amide bonds. The zero-order valence-electron chi connectivity index (χ0n) is 9.32. The Kier molecular flexibility index (Phi) is 4.76. The van der Waals surface area contributed by atoms with Crippen molar-refractivity contribution in [2.24, 2.45) is 0 Å². The maximum Gasteiger partial charge on any atom is 0.244 e. The van der Waals surface area contributed by atoms with Gasteiger partial charge in [0.25, 0.3) is 0 Å². The molecule has 1 aromatic rings. The van der Waals surface area contributed by atoms with E-state index in [4.69, 9.17) is 4.74 Å². The van der Waals surface area contributed by atoms with Gasteiger partial charge in [-0.25, -0.2) is 0 Å². The molecular weight excluding hydrogens is 302 g/mol. The Morgan fingerprint density at radius 3 is 3.24 bits per heavy atom. The van der Waals surface area contributed by atoms with Crippen LogP contribution >= 0.6 is 27.3 Å². The van der Waals surface area contributed by atoms with Crippen LogP contribution in [0.15, 0.2) is 21.3 Å². The third-order valence-electron chi connectivity index (χ3n) is 2.54. The number of nitrogens with one attached hydrogen (secondary N) is 1. The van der Waals surface area contributed by atoms with Crippen LogP contribution in [0.4, 0.5) is 0 Å². The van der Waals surface area contributed by atoms with Crippen molar-refractivity contribution in [3.63, 3.8) is 0 Å². The number of hydrogen-bond donors (Lipinski definition) is 1. The first-order valence-electron chi connectivity index (χ1n) is 5.55. The van der Waals surface area contributed by atoms with E-state index < -0.39 is 0 Å². The van der Waals surface area contributed by atoms with Gasteiger partial charge < -0.3 is 10.1 Å². The minimum Gasteiger partial charge on any atom is -0.376 e. The zero-order valence-corrected chi connectivity index (χ0v) is 11.7. The fourth-order valence-electron chi connectivity index (χ4n) is 1.66. The summed E-state index contributed by atoms with van der Waals surface area (Å²) in [5.74, 6) is -0.0668. The van der Waals surface area contributed by atoms with Crippen LogP contribution in [0.25, 0.3) is 6.08 Å². The molecule has 1 aliphatic rings. The molecule has 1 saturated heterocycles. The lowest BCUT2D eigenvalue weighted by atomic mass is 10.2. The molecule has 3 nitrogen and oxygen atoms in total. The Balaban J connectivity index is 1.74. The van der Waals surface area contributed by atoms with Gasteiger partial charge in [-0.1, -0.05) is 0 Å². The van der Waals surface area contributed by atoms with Crippen molar-refractivity contribution >= 4 is 39.2 Å². The van der Waals surface area contributed by atoms with Crippen LogP contribution in [0.2, 0.25) is 0 Å². The summed E-state index contributed by atoms with van der Waals surface area (Å²) in [5, 5.41) is 4.84. The molecular formula is C12H14BrNO2S. The molecule has 92 valence electrons. The number of halogens is 1. The predicted octanol–water partition coefficient (Wildman–Crippen LogP) is 2.82. The average molecular weight is 316 g/mol. The van der Waals surface area contributed by atoms with E-state index in [1.807, 2.05) is 17.5 Å². The van der Waals surface area contributed by atoms with Gasteiger partial charge in [-0.15, -0.1) is 11.3 Å². The number of ether oxygens (including phenoxy) is 1. The van der Waals surface area contributed by atoms with Crippen molar-refractivity contribution in [3.8, 4) is 0 Å². The molecule has 1 fully saturated rings. The Bertz CT molecular complexity index is 410. The number of hydrogen-bond acceptors (Lipinski definition) is 3. The molecule has 0 saturated carbocycles. The second kappa shape index (κ2) is 6.33. The largest absolute Gasteiger partial charge is 0.376 e. The smallest absolute Gasteiger partial charge is 0.244 e. The van der Waals surface area contributed by atoms with Crippen molar-refractivity contribution < 1.29 is 9.53 Å². The second-order valence-corrected chi connectivity index (χ2v) is 6.19. The van der Waals surface area contributed by atoms with Crippen LogP contribution in [0.5, 0.6) is 0 Å². The monoisotopic (exact) mass is 315 g/mol. The minimum absolute atomic E-state index is 0.0668. The molecule has 0 spiro atoms. The normalized spacial score (nSPS) is 19.9. The molecule has 0 aliphatic carbocycles. The zero-order chi connectivity index (χ0) is 12.1. The van der Waals surface area contributed by atoms with Gasteiger partial charge >= 0.3 is 0 Å². The molecule has 0 aromatic carbocycles. The Labute approximate surface area is 113 Å². The van der Waals surface area contributed by atoms with Crippen LogP contribution in [-0.4, -0.2) is 25.2 Å². The lowest BCUT2D eigenvalue weighted by Gasteiger charge is -2.08. The lowest BCUT2D eigenvalue weighted by Crippen LogP contribution is -2.30. The van der Waals surface area contributed by atoms with Gasteiger partial charge in [0.05, 0.1) is 9.89 Å². The van der Waals surface area contributed by atoms with Crippen LogP contribution < -0.4 is 5.32 Å². The third kappa shape index (κ3) is 4.26.